The highest BCUT2D eigenvalue weighted by Crippen LogP contribution is 2.24. The molecule has 10 heteroatoms. The number of amides is 1. The van der Waals surface area contributed by atoms with Gasteiger partial charge in [-0.25, -0.2) is 4.68 Å². The van der Waals surface area contributed by atoms with Crippen LogP contribution in [0.3, 0.4) is 0 Å². The third kappa shape index (κ3) is 5.89. The summed E-state index contributed by atoms with van der Waals surface area (Å²) in [5.41, 5.74) is 1.29. The van der Waals surface area contributed by atoms with Crippen molar-refractivity contribution >= 4 is 23.2 Å². The third-order valence-corrected chi connectivity index (χ3v) is 4.14. The van der Waals surface area contributed by atoms with Gasteiger partial charge in [0.2, 0.25) is 0 Å². The van der Waals surface area contributed by atoms with E-state index >= 15 is 0 Å². The molecule has 0 aliphatic heterocycles. The van der Waals surface area contributed by atoms with Gasteiger partial charge >= 0.3 is 6.36 Å². The van der Waals surface area contributed by atoms with Crippen molar-refractivity contribution in [2.75, 3.05) is 5.32 Å². The number of benzene rings is 2. The number of aryl methyl sites for hydroxylation is 1. The van der Waals surface area contributed by atoms with Crippen molar-refractivity contribution in [1.82, 2.24) is 9.78 Å². The van der Waals surface area contributed by atoms with Gasteiger partial charge in [0.25, 0.3) is 5.91 Å². The minimum absolute atomic E-state index is 0.0812. The highest BCUT2D eigenvalue weighted by Gasteiger charge is 2.31. The van der Waals surface area contributed by atoms with Crippen molar-refractivity contribution in [3.63, 3.8) is 0 Å². The van der Waals surface area contributed by atoms with E-state index in [4.69, 9.17) is 16.3 Å². The number of aromatic nitrogens is 2. The summed E-state index contributed by atoms with van der Waals surface area (Å²) in [4.78, 5) is 12.2. The first-order valence-electron chi connectivity index (χ1n) is 8.29. The predicted molar refractivity (Wildman–Crippen MR) is 100 cm³/mol. The standard InChI is InChI=1S/C19H15ClF3N3O3/c1-12-10-15(6-7-16(12)20)28-11-26-9-8-17(25-26)18(27)24-13-2-4-14(5-3-13)29-19(21,22)23/h2-10H,11H2,1H3,(H,24,27). The Balaban J connectivity index is 1.56. The second-order valence-corrected chi connectivity index (χ2v) is 6.36. The van der Waals surface area contributed by atoms with E-state index in [1.807, 2.05) is 6.92 Å². The van der Waals surface area contributed by atoms with Crippen LogP contribution in [-0.2, 0) is 6.73 Å². The average Bonchev–Trinajstić information content (AvgIpc) is 3.12. The van der Waals surface area contributed by atoms with Crippen molar-refractivity contribution in [2.45, 2.75) is 20.0 Å². The number of carbonyl (C=O) groups is 1. The lowest BCUT2D eigenvalue weighted by molar-refractivity contribution is -0.274. The molecular formula is C19H15ClF3N3O3. The van der Waals surface area contributed by atoms with E-state index in [-0.39, 0.29) is 18.2 Å². The topological polar surface area (TPSA) is 65.4 Å². The number of nitrogens with one attached hydrogen (secondary N) is 1. The lowest BCUT2D eigenvalue weighted by atomic mass is 10.2. The summed E-state index contributed by atoms with van der Waals surface area (Å²) in [5, 5.41) is 7.28. The largest absolute Gasteiger partial charge is 0.573 e. The number of nitrogens with zero attached hydrogens (tertiary/aromatic N) is 2. The Kier molecular flexibility index (Phi) is 5.97. The van der Waals surface area contributed by atoms with Crippen molar-refractivity contribution in [3.8, 4) is 11.5 Å². The molecule has 1 heterocycles. The van der Waals surface area contributed by atoms with Gasteiger partial charge in [-0.2, -0.15) is 5.10 Å². The Hall–Kier alpha value is -3.20. The number of halogens is 4. The quantitative estimate of drug-likeness (QED) is 0.601. The van der Waals surface area contributed by atoms with E-state index in [9.17, 15) is 18.0 Å². The Morgan fingerprint density at radius 1 is 1.14 bits per heavy atom. The molecule has 3 aromatic rings. The minimum atomic E-state index is -4.77. The minimum Gasteiger partial charge on any atom is -0.471 e. The molecule has 0 spiro atoms. The Morgan fingerprint density at radius 2 is 1.83 bits per heavy atom. The summed E-state index contributed by atoms with van der Waals surface area (Å²) in [7, 11) is 0. The monoisotopic (exact) mass is 425 g/mol. The molecule has 1 N–H and O–H groups in total. The smallest absolute Gasteiger partial charge is 0.471 e. The fourth-order valence-corrected chi connectivity index (χ4v) is 2.45. The average molecular weight is 426 g/mol. The number of rotatable bonds is 6. The van der Waals surface area contributed by atoms with Gasteiger partial charge in [0.05, 0.1) is 0 Å². The van der Waals surface area contributed by atoms with Crippen LogP contribution in [0.15, 0.2) is 54.7 Å². The van der Waals surface area contributed by atoms with Crippen molar-refractivity contribution in [2.24, 2.45) is 0 Å². The Bertz CT molecular complexity index is 1000. The number of ether oxygens (including phenoxy) is 2. The van der Waals surface area contributed by atoms with E-state index in [0.717, 1.165) is 17.7 Å². The molecule has 1 aromatic heterocycles. The van der Waals surface area contributed by atoms with Crippen LogP contribution in [0.4, 0.5) is 18.9 Å². The molecule has 0 saturated heterocycles. The number of hydrogen-bond acceptors (Lipinski definition) is 4. The molecule has 3 rings (SSSR count). The highest BCUT2D eigenvalue weighted by molar-refractivity contribution is 6.31. The van der Waals surface area contributed by atoms with E-state index in [1.165, 1.54) is 22.9 Å². The lowest BCUT2D eigenvalue weighted by Crippen LogP contribution is -2.17. The molecular weight excluding hydrogens is 411 g/mol. The molecule has 0 radical (unpaired) electrons. The van der Waals surface area contributed by atoms with Gasteiger partial charge in [0.1, 0.15) is 11.5 Å². The molecule has 0 bridgehead atoms. The first-order valence-corrected chi connectivity index (χ1v) is 8.67. The zero-order chi connectivity index (χ0) is 21.0. The fourth-order valence-electron chi connectivity index (χ4n) is 2.34. The van der Waals surface area contributed by atoms with Crippen LogP contribution in [0.25, 0.3) is 0 Å². The second-order valence-electron chi connectivity index (χ2n) is 5.95. The van der Waals surface area contributed by atoms with Crippen LogP contribution in [-0.4, -0.2) is 22.1 Å². The molecule has 6 nitrogen and oxygen atoms in total. The van der Waals surface area contributed by atoms with Crippen LogP contribution in [0, 0.1) is 6.92 Å². The first-order chi connectivity index (χ1) is 13.7. The van der Waals surface area contributed by atoms with E-state index in [0.29, 0.717) is 16.5 Å². The number of hydrogen-bond donors (Lipinski definition) is 1. The summed E-state index contributed by atoms with van der Waals surface area (Å²) >= 11 is 5.96. The van der Waals surface area contributed by atoms with Gasteiger partial charge in [-0.05, 0) is 61.0 Å². The van der Waals surface area contributed by atoms with Gasteiger partial charge in [-0.15, -0.1) is 13.2 Å². The Morgan fingerprint density at radius 3 is 2.48 bits per heavy atom. The highest BCUT2D eigenvalue weighted by atomic mass is 35.5. The van der Waals surface area contributed by atoms with Gasteiger partial charge < -0.3 is 14.8 Å². The van der Waals surface area contributed by atoms with Crippen molar-refractivity contribution in [3.05, 3.63) is 71.0 Å². The molecule has 0 atom stereocenters. The number of carbonyl (C=O) groups excluding carboxylic acids is 1. The van der Waals surface area contributed by atoms with Crippen LogP contribution in [0.2, 0.25) is 5.02 Å². The van der Waals surface area contributed by atoms with Crippen LogP contribution in [0.1, 0.15) is 16.1 Å². The maximum atomic E-state index is 12.2. The number of alkyl halides is 3. The zero-order valence-corrected chi connectivity index (χ0v) is 15.8. The summed E-state index contributed by atoms with van der Waals surface area (Å²) in [6.07, 6.45) is -3.21. The normalized spacial score (nSPS) is 11.2. The summed E-state index contributed by atoms with van der Waals surface area (Å²) < 4.78 is 47.3. The Labute approximate surface area is 168 Å². The summed E-state index contributed by atoms with van der Waals surface area (Å²) in [5.74, 6) is -0.292. The molecule has 0 aliphatic rings. The van der Waals surface area contributed by atoms with Crippen LogP contribution in [0.5, 0.6) is 11.5 Å². The van der Waals surface area contributed by atoms with Crippen LogP contribution >= 0.6 is 11.6 Å². The molecule has 0 saturated carbocycles. The maximum Gasteiger partial charge on any atom is 0.573 e. The van der Waals surface area contributed by atoms with E-state index < -0.39 is 12.3 Å². The molecule has 0 fully saturated rings. The van der Waals surface area contributed by atoms with Gasteiger partial charge in [-0.1, -0.05) is 11.6 Å². The maximum absolute atomic E-state index is 12.2. The predicted octanol–water partition coefficient (Wildman–Crippen LogP) is 5.03. The molecule has 29 heavy (non-hydrogen) atoms. The molecule has 152 valence electrons. The van der Waals surface area contributed by atoms with Crippen molar-refractivity contribution in [1.29, 1.82) is 0 Å². The van der Waals surface area contributed by atoms with Gasteiger partial charge in [-0.3, -0.25) is 4.79 Å². The SMILES string of the molecule is Cc1cc(OCn2ccc(C(=O)Nc3ccc(OC(F)(F)F)cc3)n2)ccc1Cl. The van der Waals surface area contributed by atoms with Crippen molar-refractivity contribution < 1.29 is 27.4 Å². The third-order valence-electron chi connectivity index (χ3n) is 3.71. The molecule has 0 unspecified atom stereocenters. The molecule has 1 amide bonds. The van der Waals surface area contributed by atoms with Gasteiger partial charge in [0.15, 0.2) is 12.4 Å². The van der Waals surface area contributed by atoms with Gasteiger partial charge in [0, 0.05) is 16.9 Å². The number of anilines is 1. The lowest BCUT2D eigenvalue weighted by Gasteiger charge is -2.09. The summed E-state index contributed by atoms with van der Waals surface area (Å²) in [6.45, 7) is 1.94. The second kappa shape index (κ2) is 8.44. The molecule has 2 aromatic carbocycles. The zero-order valence-electron chi connectivity index (χ0n) is 15.0. The first kappa shape index (κ1) is 20.5. The molecule has 0 aliphatic carbocycles. The summed E-state index contributed by atoms with van der Waals surface area (Å²) in [6, 6.07) is 11.5. The van der Waals surface area contributed by atoms with E-state index in [2.05, 4.69) is 15.2 Å². The fraction of sp³-hybridized carbons (Fsp3) is 0.158. The van der Waals surface area contributed by atoms with E-state index in [1.54, 1.807) is 24.4 Å². The van der Waals surface area contributed by atoms with Crippen LogP contribution < -0.4 is 14.8 Å².